The molecule has 1 amide bonds. The summed E-state index contributed by atoms with van der Waals surface area (Å²) in [5.41, 5.74) is 9.56. The van der Waals surface area contributed by atoms with Crippen molar-refractivity contribution in [2.75, 3.05) is 46.6 Å². The van der Waals surface area contributed by atoms with Crippen LogP contribution in [0.1, 0.15) is 5.69 Å². The number of carbonyl (C=O) groups excluding carboxylic acids is 1. The fourth-order valence-electron chi connectivity index (χ4n) is 5.79. The molecule has 0 spiro atoms. The van der Waals surface area contributed by atoms with Gasteiger partial charge in [0.1, 0.15) is 40.7 Å². The van der Waals surface area contributed by atoms with Gasteiger partial charge in [0.05, 0.1) is 12.5 Å². The summed E-state index contributed by atoms with van der Waals surface area (Å²) in [6, 6.07) is 15.3. The van der Waals surface area contributed by atoms with Crippen LogP contribution in [-0.4, -0.2) is 71.1 Å². The van der Waals surface area contributed by atoms with Gasteiger partial charge in [-0.15, -0.1) is 0 Å². The van der Waals surface area contributed by atoms with Crippen LogP contribution in [0.2, 0.25) is 0 Å². The number of hydrogen-bond donors (Lipinski definition) is 1. The number of hydrogen-bond acceptors (Lipinski definition) is 7. The number of anilines is 1. The predicted molar refractivity (Wildman–Crippen MR) is 163 cm³/mol. The molecule has 42 heavy (non-hydrogen) atoms. The van der Waals surface area contributed by atoms with E-state index in [1.165, 1.54) is 6.33 Å². The maximum Gasteiger partial charge on any atom is 0.246 e. The number of rotatable bonds is 7. The number of amides is 1. The number of carbonyl (C=O) groups is 1. The van der Waals surface area contributed by atoms with Gasteiger partial charge >= 0.3 is 0 Å². The van der Waals surface area contributed by atoms with Crippen LogP contribution in [0.25, 0.3) is 22.2 Å². The Bertz CT molecular complexity index is 1720. The summed E-state index contributed by atoms with van der Waals surface area (Å²) in [6.45, 7) is 2.23. The van der Waals surface area contributed by atoms with Gasteiger partial charge in [0.2, 0.25) is 5.91 Å². The Labute approximate surface area is 245 Å². The molecule has 2 N–H and O–H groups in total. The fourth-order valence-corrected chi connectivity index (χ4v) is 5.79. The van der Waals surface area contributed by atoms with E-state index in [1.807, 2.05) is 90.1 Å². The van der Waals surface area contributed by atoms with Crippen LogP contribution in [-0.2, 0) is 11.8 Å². The summed E-state index contributed by atoms with van der Waals surface area (Å²) in [6.07, 6.45) is 5.06. The second-order valence-corrected chi connectivity index (χ2v) is 11.0. The average Bonchev–Trinajstić information content (AvgIpc) is 3.29. The highest BCUT2D eigenvalue weighted by molar-refractivity contribution is 6.04. The number of aromatic nitrogens is 3. The van der Waals surface area contributed by atoms with Gasteiger partial charge in [0.25, 0.3) is 0 Å². The van der Waals surface area contributed by atoms with E-state index < -0.39 is 0 Å². The normalized spacial score (nSPS) is 19.2. The molecule has 2 aliphatic rings. The smallest absolute Gasteiger partial charge is 0.246 e. The summed E-state index contributed by atoms with van der Waals surface area (Å²) < 4.78 is 13.9. The largest absolute Gasteiger partial charge is 0.496 e. The highest BCUT2D eigenvalue weighted by Gasteiger charge is 2.55. The van der Waals surface area contributed by atoms with Crippen molar-refractivity contribution in [1.82, 2.24) is 24.3 Å². The lowest BCUT2D eigenvalue weighted by Gasteiger charge is -2.17. The van der Waals surface area contributed by atoms with Gasteiger partial charge in [-0.2, -0.15) is 0 Å². The number of ether oxygens (including phenoxy) is 2. The van der Waals surface area contributed by atoms with E-state index in [1.54, 1.807) is 13.2 Å². The summed E-state index contributed by atoms with van der Waals surface area (Å²) in [4.78, 5) is 25.3. The second kappa shape index (κ2) is 11.2. The van der Waals surface area contributed by atoms with Crippen molar-refractivity contribution in [1.29, 1.82) is 0 Å². The average molecular weight is 563 g/mol. The number of para-hydroxylation sites is 1. The van der Waals surface area contributed by atoms with Crippen molar-refractivity contribution in [3.05, 3.63) is 72.7 Å². The third-order valence-electron chi connectivity index (χ3n) is 8.01. The number of nitrogens with two attached hydrogens (primary N) is 1. The van der Waals surface area contributed by atoms with E-state index in [4.69, 9.17) is 15.2 Å². The molecule has 0 radical (unpaired) electrons. The van der Waals surface area contributed by atoms with Crippen molar-refractivity contribution < 1.29 is 14.3 Å². The molecule has 0 unspecified atom stereocenters. The Morgan fingerprint density at radius 3 is 2.60 bits per heavy atom. The third kappa shape index (κ3) is 5.17. The molecule has 4 aromatic rings. The predicted octanol–water partition coefficient (Wildman–Crippen LogP) is 4.19. The summed E-state index contributed by atoms with van der Waals surface area (Å²) in [7, 11) is 7.54. The quantitative estimate of drug-likeness (QED) is 0.266. The van der Waals surface area contributed by atoms with E-state index in [2.05, 4.69) is 21.8 Å². The molecule has 1 saturated heterocycles. The van der Waals surface area contributed by atoms with Crippen LogP contribution in [0.15, 0.2) is 67.0 Å². The van der Waals surface area contributed by atoms with Crippen molar-refractivity contribution in [3.8, 4) is 40.2 Å². The number of aryl methyl sites for hydroxylation is 1. The number of methoxy groups -OCH3 is 1. The number of nitrogen functional groups attached to an aromatic ring is 1. The summed E-state index contributed by atoms with van der Waals surface area (Å²) in [5.74, 6) is 10.5. The Morgan fingerprint density at radius 1 is 1.12 bits per heavy atom. The zero-order valence-electron chi connectivity index (χ0n) is 24.2. The first-order valence-corrected chi connectivity index (χ1v) is 14.0. The van der Waals surface area contributed by atoms with Gasteiger partial charge in [-0.25, -0.2) is 9.97 Å². The third-order valence-corrected chi connectivity index (χ3v) is 8.01. The Morgan fingerprint density at radius 2 is 1.88 bits per heavy atom. The molecule has 1 aliphatic carbocycles. The molecule has 2 aromatic carbocycles. The first-order chi connectivity index (χ1) is 20.4. The van der Waals surface area contributed by atoms with Gasteiger partial charge in [0.15, 0.2) is 0 Å². The maximum absolute atomic E-state index is 12.6. The molecule has 3 heterocycles. The first-order valence-electron chi connectivity index (χ1n) is 14.0. The number of nitrogens with zero attached hydrogens (tertiary/aromatic N) is 5. The minimum Gasteiger partial charge on any atom is -0.496 e. The summed E-state index contributed by atoms with van der Waals surface area (Å²) in [5, 5.41) is 0.733. The molecule has 1 aliphatic heterocycles. The van der Waals surface area contributed by atoms with Gasteiger partial charge in [-0.05, 0) is 56.1 Å². The number of fused-ring (bicyclic) bond motifs is 2. The molecule has 0 bridgehead atoms. The minimum atomic E-state index is 0.0764. The molecule has 2 aromatic heterocycles. The van der Waals surface area contributed by atoms with Gasteiger partial charge in [-0.3, -0.25) is 4.79 Å². The number of likely N-dealkylation sites (tertiary alicyclic amines) is 1. The van der Waals surface area contributed by atoms with E-state index >= 15 is 0 Å². The Kier molecular flexibility index (Phi) is 7.31. The van der Waals surface area contributed by atoms with Crippen LogP contribution < -0.4 is 15.2 Å². The fraction of sp³-hybridized carbons (Fsp3) is 0.303. The molecule has 9 nitrogen and oxygen atoms in total. The molecular weight excluding hydrogens is 528 g/mol. The minimum absolute atomic E-state index is 0.0764. The lowest BCUT2D eigenvalue weighted by Crippen LogP contribution is -2.30. The van der Waals surface area contributed by atoms with Crippen molar-refractivity contribution in [3.63, 3.8) is 0 Å². The van der Waals surface area contributed by atoms with Crippen LogP contribution in [0.5, 0.6) is 17.2 Å². The SMILES string of the molecule is COc1cc(Oc2ccccc2)ccc1-c1c(C#C[C@@H]2[C@H]3CN(C(=O)/C=C/CN(C)C)C[C@@H]23)n(C)c2ncnc(N)c12. The number of benzene rings is 2. The molecule has 1 saturated carbocycles. The van der Waals surface area contributed by atoms with Crippen LogP contribution in [0.3, 0.4) is 0 Å². The molecule has 9 heteroatoms. The van der Waals surface area contributed by atoms with Gasteiger partial charge in [0, 0.05) is 55.9 Å². The monoisotopic (exact) mass is 562 g/mol. The second-order valence-electron chi connectivity index (χ2n) is 11.0. The highest BCUT2D eigenvalue weighted by atomic mass is 16.5. The maximum atomic E-state index is 12.6. The number of piperidine rings is 1. The Balaban J connectivity index is 1.30. The standard InChI is InChI=1S/C33H34N6O3/c1-37(2)16-8-11-29(40)39-18-25-23(26(25)19-39)14-15-27-30(31-32(34)35-20-36-33(31)38(27)3)24-13-12-22(17-28(24)41-4)42-21-9-6-5-7-10-21/h5-13,17,20,23,25-26H,16,18-19H2,1-4H3,(H2,34,35,36)/b11-8+/t23-,25-,26+. The van der Waals surface area contributed by atoms with E-state index in [0.717, 1.165) is 47.6 Å². The topological polar surface area (TPSA) is 98.7 Å². The zero-order valence-corrected chi connectivity index (χ0v) is 24.2. The highest BCUT2D eigenvalue weighted by Crippen LogP contribution is 2.51. The van der Waals surface area contributed by atoms with Crippen molar-refractivity contribution >= 4 is 22.8 Å². The van der Waals surface area contributed by atoms with Crippen LogP contribution in [0.4, 0.5) is 5.82 Å². The first kappa shape index (κ1) is 27.4. The van der Waals surface area contributed by atoms with Crippen molar-refractivity contribution in [2.45, 2.75) is 0 Å². The molecule has 214 valence electrons. The molecule has 2 fully saturated rings. The zero-order chi connectivity index (χ0) is 29.4. The molecule has 3 atom stereocenters. The van der Waals surface area contributed by atoms with Gasteiger partial charge in [-0.1, -0.05) is 30.2 Å². The van der Waals surface area contributed by atoms with Crippen molar-refractivity contribution in [2.24, 2.45) is 24.8 Å². The van der Waals surface area contributed by atoms with Gasteiger partial charge < -0.3 is 29.6 Å². The van der Waals surface area contributed by atoms with Crippen LogP contribution >= 0.6 is 0 Å². The molecular formula is C33H34N6O3. The summed E-state index contributed by atoms with van der Waals surface area (Å²) >= 11 is 0. The van der Waals surface area contributed by atoms with E-state index in [0.29, 0.717) is 34.8 Å². The lowest BCUT2D eigenvalue weighted by atomic mass is 10.0. The van der Waals surface area contributed by atoms with E-state index in [-0.39, 0.29) is 11.8 Å². The van der Waals surface area contributed by atoms with E-state index in [9.17, 15) is 4.79 Å². The van der Waals surface area contributed by atoms with Crippen LogP contribution in [0, 0.1) is 29.6 Å². The Hall–Kier alpha value is -4.81. The molecule has 6 rings (SSSR count). The number of likely N-dealkylation sites (N-methyl/N-ethyl adjacent to an activating group) is 1. The lowest BCUT2D eigenvalue weighted by molar-refractivity contribution is -0.125.